The Morgan fingerprint density at radius 3 is 2.79 bits per heavy atom. The SMILES string of the molecule is CNc1nc(N2CCCC(C)(OC)C2)c(F)cc1F. The van der Waals surface area contributed by atoms with Gasteiger partial charge in [-0.15, -0.1) is 0 Å². The van der Waals surface area contributed by atoms with Gasteiger partial charge in [0.25, 0.3) is 0 Å². The maximum absolute atomic E-state index is 13.9. The van der Waals surface area contributed by atoms with Crippen LogP contribution in [0.1, 0.15) is 19.8 Å². The summed E-state index contributed by atoms with van der Waals surface area (Å²) >= 11 is 0. The molecule has 1 unspecified atom stereocenters. The molecule has 2 heterocycles. The number of hydrogen-bond acceptors (Lipinski definition) is 4. The highest BCUT2D eigenvalue weighted by atomic mass is 19.1. The van der Waals surface area contributed by atoms with Gasteiger partial charge in [-0.05, 0) is 19.8 Å². The lowest BCUT2D eigenvalue weighted by Gasteiger charge is -2.40. The van der Waals surface area contributed by atoms with Crippen molar-refractivity contribution in [3.8, 4) is 0 Å². The molecule has 1 saturated heterocycles. The molecule has 1 aromatic rings. The van der Waals surface area contributed by atoms with Gasteiger partial charge in [0, 0.05) is 33.3 Å². The van der Waals surface area contributed by atoms with E-state index in [1.807, 2.05) is 11.8 Å². The molecule has 0 aliphatic carbocycles. The minimum atomic E-state index is -0.685. The summed E-state index contributed by atoms with van der Waals surface area (Å²) in [6.45, 7) is 3.22. The number of ether oxygens (including phenoxy) is 1. The molecule has 1 atom stereocenters. The minimum Gasteiger partial charge on any atom is -0.377 e. The number of aromatic nitrogens is 1. The molecule has 1 fully saturated rings. The van der Waals surface area contributed by atoms with Gasteiger partial charge < -0.3 is 15.0 Å². The Labute approximate surface area is 111 Å². The molecule has 1 aliphatic rings. The monoisotopic (exact) mass is 271 g/mol. The third-order valence-electron chi connectivity index (χ3n) is 3.60. The molecule has 106 valence electrons. The van der Waals surface area contributed by atoms with Crippen LogP contribution in [-0.4, -0.2) is 37.8 Å². The molecule has 1 aliphatic heterocycles. The molecule has 0 aromatic carbocycles. The molecule has 6 heteroatoms. The second-order valence-electron chi connectivity index (χ2n) is 5.05. The highest BCUT2D eigenvalue weighted by Crippen LogP contribution is 2.29. The second kappa shape index (κ2) is 5.28. The molecule has 0 radical (unpaired) electrons. The molecular formula is C13H19F2N3O. The summed E-state index contributed by atoms with van der Waals surface area (Å²) in [5.74, 6) is -1.10. The van der Waals surface area contributed by atoms with E-state index >= 15 is 0 Å². The van der Waals surface area contributed by atoms with E-state index in [9.17, 15) is 8.78 Å². The molecular weight excluding hydrogens is 252 g/mol. The lowest BCUT2D eigenvalue weighted by molar-refractivity contribution is -0.00493. The van der Waals surface area contributed by atoms with Crippen molar-refractivity contribution in [2.75, 3.05) is 37.5 Å². The van der Waals surface area contributed by atoms with Crippen LogP contribution in [-0.2, 0) is 4.74 Å². The Hall–Kier alpha value is -1.43. The number of piperidine rings is 1. The number of hydrogen-bond donors (Lipinski definition) is 1. The van der Waals surface area contributed by atoms with Crippen LogP contribution in [0.4, 0.5) is 20.4 Å². The van der Waals surface area contributed by atoms with Gasteiger partial charge >= 0.3 is 0 Å². The van der Waals surface area contributed by atoms with Gasteiger partial charge in [0.2, 0.25) is 0 Å². The van der Waals surface area contributed by atoms with Crippen molar-refractivity contribution in [3.05, 3.63) is 17.7 Å². The quantitative estimate of drug-likeness (QED) is 0.916. The van der Waals surface area contributed by atoms with E-state index in [0.717, 1.165) is 18.9 Å². The largest absolute Gasteiger partial charge is 0.377 e. The highest BCUT2D eigenvalue weighted by molar-refractivity contribution is 5.49. The zero-order valence-corrected chi connectivity index (χ0v) is 11.5. The average molecular weight is 271 g/mol. The average Bonchev–Trinajstić information content (AvgIpc) is 2.39. The summed E-state index contributed by atoms with van der Waals surface area (Å²) in [5, 5.41) is 2.63. The Bertz CT molecular complexity index is 469. The van der Waals surface area contributed by atoms with Crippen molar-refractivity contribution in [1.29, 1.82) is 0 Å². The van der Waals surface area contributed by atoms with Crippen LogP contribution in [0.2, 0.25) is 0 Å². The first-order valence-corrected chi connectivity index (χ1v) is 6.33. The molecule has 2 rings (SSSR count). The number of rotatable bonds is 3. The number of nitrogens with one attached hydrogen (secondary N) is 1. The highest BCUT2D eigenvalue weighted by Gasteiger charge is 2.32. The van der Waals surface area contributed by atoms with E-state index < -0.39 is 11.6 Å². The smallest absolute Gasteiger partial charge is 0.168 e. The molecule has 1 N–H and O–H groups in total. The second-order valence-corrected chi connectivity index (χ2v) is 5.05. The van der Waals surface area contributed by atoms with Crippen molar-refractivity contribution in [1.82, 2.24) is 4.98 Å². The Morgan fingerprint density at radius 1 is 1.42 bits per heavy atom. The fourth-order valence-corrected chi connectivity index (χ4v) is 2.41. The summed E-state index contributed by atoms with van der Waals surface area (Å²) in [7, 11) is 3.21. The standard InChI is InChI=1S/C13H19F2N3O/c1-13(19-3)5-4-6-18(8-13)12-10(15)7-9(14)11(16-2)17-12/h7H,4-6,8H2,1-3H3,(H,16,17). The number of methoxy groups -OCH3 is 1. The van der Waals surface area contributed by atoms with Crippen LogP contribution in [0.3, 0.4) is 0 Å². The maximum atomic E-state index is 13.9. The summed E-state index contributed by atoms with van der Waals surface area (Å²) in [6.07, 6.45) is 1.80. The van der Waals surface area contributed by atoms with Crippen molar-refractivity contribution in [3.63, 3.8) is 0 Å². The Kier molecular flexibility index (Phi) is 3.89. The maximum Gasteiger partial charge on any atom is 0.168 e. The lowest BCUT2D eigenvalue weighted by Crippen LogP contribution is -2.48. The van der Waals surface area contributed by atoms with E-state index in [0.29, 0.717) is 13.1 Å². The Morgan fingerprint density at radius 2 is 2.16 bits per heavy atom. The topological polar surface area (TPSA) is 37.4 Å². The van der Waals surface area contributed by atoms with Gasteiger partial charge in [-0.2, -0.15) is 0 Å². The van der Waals surface area contributed by atoms with Crippen molar-refractivity contribution in [2.45, 2.75) is 25.4 Å². The third-order valence-corrected chi connectivity index (χ3v) is 3.60. The Balaban J connectivity index is 2.31. The summed E-state index contributed by atoms with van der Waals surface area (Å²) in [6, 6.07) is 0.868. The van der Waals surface area contributed by atoms with Gasteiger partial charge in [0.15, 0.2) is 23.3 Å². The summed E-state index contributed by atoms with van der Waals surface area (Å²) in [5.41, 5.74) is -0.319. The molecule has 1 aromatic heterocycles. The molecule has 4 nitrogen and oxygen atoms in total. The molecule has 0 spiro atoms. The lowest BCUT2D eigenvalue weighted by atomic mass is 9.95. The number of halogens is 2. The van der Waals surface area contributed by atoms with Crippen molar-refractivity contribution >= 4 is 11.6 Å². The van der Waals surface area contributed by atoms with E-state index in [2.05, 4.69) is 10.3 Å². The number of anilines is 2. The van der Waals surface area contributed by atoms with Crippen LogP contribution in [0.5, 0.6) is 0 Å². The first kappa shape index (κ1) is 14.0. The number of pyridine rings is 1. The predicted octanol–water partition coefficient (Wildman–Crippen LogP) is 2.41. The van der Waals surface area contributed by atoms with Crippen LogP contribution < -0.4 is 10.2 Å². The summed E-state index contributed by atoms with van der Waals surface area (Å²) < 4.78 is 32.8. The molecule has 0 bridgehead atoms. The van der Waals surface area contributed by atoms with Gasteiger partial charge in [0.05, 0.1) is 5.60 Å². The molecule has 0 saturated carbocycles. The van der Waals surface area contributed by atoms with Crippen LogP contribution >= 0.6 is 0 Å². The normalized spacial score (nSPS) is 23.5. The third kappa shape index (κ3) is 2.78. The first-order valence-electron chi connectivity index (χ1n) is 6.33. The van der Waals surface area contributed by atoms with Gasteiger partial charge in [-0.1, -0.05) is 0 Å². The van der Waals surface area contributed by atoms with Crippen LogP contribution in [0.25, 0.3) is 0 Å². The summed E-state index contributed by atoms with van der Waals surface area (Å²) in [4.78, 5) is 5.83. The zero-order chi connectivity index (χ0) is 14.0. The minimum absolute atomic E-state index is 0.0566. The predicted molar refractivity (Wildman–Crippen MR) is 70.6 cm³/mol. The van der Waals surface area contributed by atoms with E-state index in [-0.39, 0.29) is 17.2 Å². The van der Waals surface area contributed by atoms with Gasteiger partial charge in [0.1, 0.15) is 0 Å². The van der Waals surface area contributed by atoms with Crippen molar-refractivity contribution in [2.24, 2.45) is 0 Å². The van der Waals surface area contributed by atoms with Gasteiger partial charge in [-0.25, -0.2) is 13.8 Å². The van der Waals surface area contributed by atoms with Gasteiger partial charge in [-0.3, -0.25) is 0 Å². The van der Waals surface area contributed by atoms with Crippen LogP contribution in [0.15, 0.2) is 6.07 Å². The zero-order valence-electron chi connectivity index (χ0n) is 11.5. The van der Waals surface area contributed by atoms with E-state index in [1.165, 1.54) is 0 Å². The van der Waals surface area contributed by atoms with Crippen LogP contribution in [0, 0.1) is 11.6 Å². The molecule has 0 amide bonds. The fourth-order valence-electron chi connectivity index (χ4n) is 2.41. The van der Waals surface area contributed by atoms with E-state index in [4.69, 9.17) is 4.74 Å². The van der Waals surface area contributed by atoms with E-state index in [1.54, 1.807) is 14.2 Å². The fraction of sp³-hybridized carbons (Fsp3) is 0.615. The molecule has 19 heavy (non-hydrogen) atoms. The number of nitrogens with zero attached hydrogens (tertiary/aromatic N) is 2. The first-order chi connectivity index (χ1) is 8.99. The van der Waals surface area contributed by atoms with Crippen molar-refractivity contribution < 1.29 is 13.5 Å².